The second-order valence-corrected chi connectivity index (χ2v) is 1.88. The third-order valence-electron chi connectivity index (χ3n) is 1.12. The van der Waals surface area contributed by atoms with Crippen molar-refractivity contribution >= 4 is 0 Å². The van der Waals surface area contributed by atoms with Gasteiger partial charge in [-0.2, -0.15) is 8.78 Å². The van der Waals surface area contributed by atoms with Crippen LogP contribution in [0.15, 0.2) is 0 Å². The van der Waals surface area contributed by atoms with Crippen LogP contribution in [0.4, 0.5) is 22.0 Å². The Morgan fingerprint density at radius 1 is 1.10 bits per heavy atom. The molecule has 0 aromatic carbocycles. The van der Waals surface area contributed by atoms with Crippen molar-refractivity contribution in [1.29, 1.82) is 0 Å². The van der Waals surface area contributed by atoms with Gasteiger partial charge >= 0.3 is 6.11 Å². The van der Waals surface area contributed by atoms with Crippen molar-refractivity contribution in [3.63, 3.8) is 0 Å². The van der Waals surface area contributed by atoms with Crippen LogP contribution in [-0.4, -0.2) is 24.8 Å². The minimum absolute atomic E-state index is 2.86. The maximum absolute atomic E-state index is 11.9. The SMILES string of the molecule is F[C@@H]1[C@H](F)OC(F)(F)[C@H]1F. The maximum atomic E-state index is 11.9. The van der Waals surface area contributed by atoms with Crippen LogP contribution >= 0.6 is 0 Å². The van der Waals surface area contributed by atoms with Gasteiger partial charge in [0.2, 0.25) is 12.5 Å². The summed E-state index contributed by atoms with van der Waals surface area (Å²) < 4.78 is 62.0. The second kappa shape index (κ2) is 2.05. The molecule has 1 rings (SSSR count). The molecule has 0 amide bonds. The van der Waals surface area contributed by atoms with E-state index in [4.69, 9.17) is 0 Å². The van der Waals surface area contributed by atoms with E-state index in [9.17, 15) is 22.0 Å². The molecule has 0 aliphatic carbocycles. The van der Waals surface area contributed by atoms with Crippen LogP contribution in [0, 0.1) is 0 Å². The van der Waals surface area contributed by atoms with Crippen molar-refractivity contribution in [3.8, 4) is 0 Å². The maximum Gasteiger partial charge on any atom is 0.392 e. The highest BCUT2D eigenvalue weighted by Crippen LogP contribution is 2.38. The average Bonchev–Trinajstić information content (AvgIpc) is 1.95. The van der Waals surface area contributed by atoms with Crippen LogP contribution < -0.4 is 0 Å². The van der Waals surface area contributed by atoms with Crippen molar-refractivity contribution in [2.24, 2.45) is 0 Å². The summed E-state index contributed by atoms with van der Waals surface area (Å²) in [5.41, 5.74) is 0. The zero-order chi connectivity index (χ0) is 7.94. The Morgan fingerprint density at radius 3 is 1.70 bits per heavy atom. The number of alkyl halides is 5. The number of hydrogen-bond donors (Lipinski definition) is 0. The van der Waals surface area contributed by atoms with Crippen molar-refractivity contribution in [1.82, 2.24) is 0 Å². The highest BCUT2D eigenvalue weighted by atomic mass is 19.3. The quantitative estimate of drug-likeness (QED) is 0.491. The Balaban J connectivity index is 2.71. The van der Waals surface area contributed by atoms with Crippen molar-refractivity contribution in [2.45, 2.75) is 24.8 Å². The fourth-order valence-electron chi connectivity index (χ4n) is 0.598. The summed E-state index contributed by atoms with van der Waals surface area (Å²) >= 11 is 0. The van der Waals surface area contributed by atoms with E-state index in [0.29, 0.717) is 0 Å². The summed E-state index contributed by atoms with van der Waals surface area (Å²) in [6.45, 7) is 0. The van der Waals surface area contributed by atoms with Gasteiger partial charge in [-0.3, -0.25) is 4.74 Å². The molecule has 0 bridgehead atoms. The van der Waals surface area contributed by atoms with E-state index < -0.39 is 24.8 Å². The van der Waals surface area contributed by atoms with Gasteiger partial charge in [0.15, 0.2) is 6.17 Å². The highest BCUT2D eigenvalue weighted by Gasteiger charge is 2.59. The first-order chi connectivity index (χ1) is 4.45. The molecule has 1 aliphatic heterocycles. The van der Waals surface area contributed by atoms with E-state index in [1.54, 1.807) is 0 Å². The van der Waals surface area contributed by atoms with Crippen LogP contribution in [0.2, 0.25) is 0 Å². The molecule has 1 heterocycles. The van der Waals surface area contributed by atoms with E-state index in [1.165, 1.54) is 0 Å². The summed E-state index contributed by atoms with van der Waals surface area (Å²) in [5.74, 6) is 0. The lowest BCUT2D eigenvalue weighted by Gasteiger charge is -2.07. The third-order valence-corrected chi connectivity index (χ3v) is 1.12. The Kier molecular flexibility index (Phi) is 1.58. The molecule has 1 nitrogen and oxygen atoms in total. The lowest BCUT2D eigenvalue weighted by Crippen LogP contribution is -2.29. The van der Waals surface area contributed by atoms with E-state index in [0.717, 1.165) is 0 Å². The molecule has 0 radical (unpaired) electrons. The van der Waals surface area contributed by atoms with Crippen LogP contribution in [0.25, 0.3) is 0 Å². The van der Waals surface area contributed by atoms with Crippen molar-refractivity contribution in [3.05, 3.63) is 0 Å². The fourth-order valence-corrected chi connectivity index (χ4v) is 0.598. The number of halogens is 5. The van der Waals surface area contributed by atoms with Gasteiger partial charge < -0.3 is 0 Å². The number of ether oxygens (including phenoxy) is 1. The molecule has 0 aromatic heterocycles. The minimum Gasteiger partial charge on any atom is -0.280 e. The highest BCUT2D eigenvalue weighted by molar-refractivity contribution is 4.85. The molecule has 1 fully saturated rings. The first kappa shape index (κ1) is 7.71. The summed E-state index contributed by atoms with van der Waals surface area (Å²) in [5, 5.41) is 0. The van der Waals surface area contributed by atoms with E-state index in [1.807, 2.05) is 0 Å². The lowest BCUT2D eigenvalue weighted by molar-refractivity contribution is -0.264. The zero-order valence-corrected chi connectivity index (χ0v) is 4.53. The third kappa shape index (κ3) is 0.960. The van der Waals surface area contributed by atoms with E-state index >= 15 is 0 Å². The van der Waals surface area contributed by atoms with Gasteiger partial charge in [0.1, 0.15) is 0 Å². The van der Waals surface area contributed by atoms with Crippen LogP contribution in [-0.2, 0) is 4.74 Å². The van der Waals surface area contributed by atoms with Crippen LogP contribution in [0.3, 0.4) is 0 Å². The van der Waals surface area contributed by atoms with Crippen molar-refractivity contribution in [2.75, 3.05) is 0 Å². The molecule has 3 atom stereocenters. The van der Waals surface area contributed by atoms with E-state index in [2.05, 4.69) is 4.74 Å². The molecule has 0 N–H and O–H groups in total. The Labute approximate surface area is 52.8 Å². The van der Waals surface area contributed by atoms with Crippen LogP contribution in [0.1, 0.15) is 0 Å². The topological polar surface area (TPSA) is 9.23 Å². The van der Waals surface area contributed by atoms with Crippen molar-refractivity contribution < 1.29 is 26.7 Å². The number of hydrogen-bond acceptors (Lipinski definition) is 1. The predicted octanol–water partition coefficient (Wildman–Crippen LogP) is 1.58. The number of rotatable bonds is 0. The average molecular weight is 162 g/mol. The van der Waals surface area contributed by atoms with Gasteiger partial charge in [-0.1, -0.05) is 0 Å². The molecule has 1 saturated heterocycles. The van der Waals surface area contributed by atoms with Gasteiger partial charge in [0, 0.05) is 0 Å². The van der Waals surface area contributed by atoms with Gasteiger partial charge in [-0.15, -0.1) is 0 Å². The largest absolute Gasteiger partial charge is 0.392 e. The van der Waals surface area contributed by atoms with E-state index in [-0.39, 0.29) is 0 Å². The molecule has 60 valence electrons. The molecule has 0 unspecified atom stereocenters. The predicted molar refractivity (Wildman–Crippen MR) is 20.7 cm³/mol. The molecule has 10 heavy (non-hydrogen) atoms. The summed E-state index contributed by atoms with van der Waals surface area (Å²) in [7, 11) is 0. The summed E-state index contributed by atoms with van der Waals surface area (Å²) in [6.07, 6.45) is -13.2. The molecule has 0 spiro atoms. The second-order valence-electron chi connectivity index (χ2n) is 1.88. The molecule has 1 aliphatic rings. The minimum atomic E-state index is -4.32. The molecule has 0 saturated carbocycles. The fraction of sp³-hybridized carbons (Fsp3) is 1.00. The van der Waals surface area contributed by atoms with Gasteiger partial charge in [-0.05, 0) is 0 Å². The summed E-state index contributed by atoms with van der Waals surface area (Å²) in [4.78, 5) is 0. The first-order valence-corrected chi connectivity index (χ1v) is 2.43. The standard InChI is InChI=1S/C4H3F5O/c5-1-2(6)4(8,9)10-3(1)7/h1-3H/t1-,2-,3+/m0/s1. The smallest absolute Gasteiger partial charge is 0.280 e. The lowest BCUT2D eigenvalue weighted by atomic mass is 10.3. The zero-order valence-electron chi connectivity index (χ0n) is 4.53. The molecular formula is C4H3F5O. The van der Waals surface area contributed by atoms with Gasteiger partial charge in [0.05, 0.1) is 0 Å². The Bertz CT molecular complexity index is 138. The Morgan fingerprint density at radius 2 is 1.60 bits per heavy atom. The normalized spacial score (nSPS) is 45.9. The van der Waals surface area contributed by atoms with Gasteiger partial charge in [0.25, 0.3) is 0 Å². The molecule has 0 aromatic rings. The molecule has 6 heteroatoms. The first-order valence-electron chi connectivity index (χ1n) is 2.43. The Hall–Kier alpha value is -0.390. The van der Waals surface area contributed by atoms with Gasteiger partial charge in [-0.25, -0.2) is 13.2 Å². The molecular weight excluding hydrogens is 159 g/mol. The van der Waals surface area contributed by atoms with Crippen LogP contribution in [0.5, 0.6) is 0 Å². The summed E-state index contributed by atoms with van der Waals surface area (Å²) in [6, 6.07) is 0. The monoisotopic (exact) mass is 162 g/mol.